The van der Waals surface area contributed by atoms with Crippen molar-refractivity contribution in [1.29, 1.82) is 0 Å². The molecule has 148 valence electrons. The van der Waals surface area contributed by atoms with E-state index in [0.717, 1.165) is 12.0 Å². The van der Waals surface area contributed by atoms with E-state index in [0.29, 0.717) is 17.0 Å². The molecule has 9 heteroatoms. The number of imidazole rings is 1. The molecule has 0 radical (unpaired) electrons. The van der Waals surface area contributed by atoms with Gasteiger partial charge in [0.1, 0.15) is 24.6 Å². The molecule has 1 aliphatic rings. The molecule has 4 rings (SSSR count). The van der Waals surface area contributed by atoms with Crippen LogP contribution in [0, 0.1) is 0 Å². The Morgan fingerprint density at radius 3 is 2.61 bits per heavy atom. The molecular formula is C19H23N5O4. The van der Waals surface area contributed by atoms with Gasteiger partial charge in [0, 0.05) is 0 Å². The lowest BCUT2D eigenvalue weighted by molar-refractivity contribution is -0.0511. The van der Waals surface area contributed by atoms with E-state index in [-0.39, 0.29) is 6.04 Å². The molecule has 3 heterocycles. The Morgan fingerprint density at radius 2 is 1.93 bits per heavy atom. The number of aliphatic hydroxyl groups excluding tert-OH is 3. The summed E-state index contributed by atoms with van der Waals surface area (Å²) in [5.74, 6) is 0.575. The van der Waals surface area contributed by atoms with Crippen molar-refractivity contribution < 1.29 is 20.1 Å². The Labute approximate surface area is 161 Å². The highest BCUT2D eigenvalue weighted by Gasteiger charge is 2.44. The van der Waals surface area contributed by atoms with Crippen LogP contribution in [-0.2, 0) is 4.74 Å². The summed E-state index contributed by atoms with van der Waals surface area (Å²) in [5, 5.41) is 33.0. The van der Waals surface area contributed by atoms with Gasteiger partial charge in [0.05, 0.1) is 19.0 Å². The summed E-state index contributed by atoms with van der Waals surface area (Å²) in [6.07, 6.45) is -0.375. The molecule has 3 aromatic rings. The molecule has 1 aliphatic heterocycles. The molecule has 0 aliphatic carbocycles. The van der Waals surface area contributed by atoms with Crippen molar-refractivity contribution in [3.63, 3.8) is 0 Å². The maximum Gasteiger partial charge on any atom is 0.167 e. The smallest absolute Gasteiger partial charge is 0.167 e. The van der Waals surface area contributed by atoms with E-state index < -0.39 is 31.1 Å². The number of nitrogens with zero attached hydrogens (tertiary/aromatic N) is 4. The standard InChI is InChI=1S/C19H23N5O4/c1-2-12(11-6-4-3-5-7-11)23-17-14-18(21-9-20-17)24(10-22-14)19-16(27)15(26)13(8-25)28-19/h3-7,9-10,12-13,15-16,19,25-27H,2,8H2,1H3,(H,20,21,23)/t12-,13-,15+,16?,19-/m1/s1. The molecule has 0 saturated carbocycles. The van der Waals surface area contributed by atoms with Gasteiger partial charge in [0.2, 0.25) is 0 Å². The second-order valence-electron chi connectivity index (χ2n) is 6.79. The zero-order chi connectivity index (χ0) is 19.7. The molecule has 5 atom stereocenters. The third-order valence-electron chi connectivity index (χ3n) is 5.07. The monoisotopic (exact) mass is 385 g/mol. The van der Waals surface area contributed by atoms with Crippen LogP contribution >= 0.6 is 0 Å². The first-order valence-electron chi connectivity index (χ1n) is 9.25. The molecule has 1 unspecified atom stereocenters. The Hall–Kier alpha value is -2.59. The van der Waals surface area contributed by atoms with Crippen LogP contribution in [0.4, 0.5) is 5.82 Å². The molecule has 0 amide bonds. The number of rotatable bonds is 6. The van der Waals surface area contributed by atoms with E-state index in [1.54, 1.807) is 4.57 Å². The first-order chi connectivity index (χ1) is 13.6. The summed E-state index contributed by atoms with van der Waals surface area (Å²) in [6, 6.07) is 10.1. The summed E-state index contributed by atoms with van der Waals surface area (Å²) in [5.41, 5.74) is 2.14. The van der Waals surface area contributed by atoms with Crippen LogP contribution in [0.25, 0.3) is 11.2 Å². The summed E-state index contributed by atoms with van der Waals surface area (Å²) in [7, 11) is 0. The Kier molecular flexibility index (Phi) is 5.23. The minimum absolute atomic E-state index is 0.0540. The van der Waals surface area contributed by atoms with Crippen molar-refractivity contribution in [2.24, 2.45) is 0 Å². The van der Waals surface area contributed by atoms with Crippen LogP contribution in [0.5, 0.6) is 0 Å². The molecular weight excluding hydrogens is 362 g/mol. The molecule has 28 heavy (non-hydrogen) atoms. The number of aromatic nitrogens is 4. The molecule has 1 aromatic carbocycles. The van der Waals surface area contributed by atoms with Gasteiger partial charge in [-0.2, -0.15) is 0 Å². The number of fused-ring (bicyclic) bond motifs is 1. The van der Waals surface area contributed by atoms with Crippen molar-refractivity contribution in [1.82, 2.24) is 19.5 Å². The number of hydrogen-bond donors (Lipinski definition) is 4. The van der Waals surface area contributed by atoms with Gasteiger partial charge >= 0.3 is 0 Å². The van der Waals surface area contributed by atoms with Gasteiger partial charge in [0.25, 0.3) is 0 Å². The summed E-state index contributed by atoms with van der Waals surface area (Å²) in [6.45, 7) is 1.69. The highest BCUT2D eigenvalue weighted by molar-refractivity contribution is 5.83. The van der Waals surface area contributed by atoms with Crippen molar-refractivity contribution in [3.05, 3.63) is 48.5 Å². The van der Waals surface area contributed by atoms with Crippen LogP contribution in [0.15, 0.2) is 43.0 Å². The minimum atomic E-state index is -1.20. The maximum absolute atomic E-state index is 10.3. The van der Waals surface area contributed by atoms with Crippen LogP contribution in [-0.4, -0.2) is 59.8 Å². The highest BCUT2D eigenvalue weighted by Crippen LogP contribution is 2.32. The Bertz CT molecular complexity index is 934. The lowest BCUT2D eigenvalue weighted by Crippen LogP contribution is -2.33. The van der Waals surface area contributed by atoms with E-state index in [9.17, 15) is 15.3 Å². The second kappa shape index (κ2) is 7.80. The third-order valence-corrected chi connectivity index (χ3v) is 5.07. The Morgan fingerprint density at radius 1 is 1.14 bits per heavy atom. The molecule has 4 N–H and O–H groups in total. The van der Waals surface area contributed by atoms with E-state index in [4.69, 9.17) is 4.74 Å². The average Bonchev–Trinajstić information content (AvgIpc) is 3.28. The molecule has 0 spiro atoms. The zero-order valence-electron chi connectivity index (χ0n) is 15.4. The Balaban J connectivity index is 1.66. The van der Waals surface area contributed by atoms with Gasteiger partial charge in [-0.3, -0.25) is 4.57 Å². The number of anilines is 1. The number of ether oxygens (including phenoxy) is 1. The normalized spacial score (nSPS) is 25.9. The summed E-state index contributed by atoms with van der Waals surface area (Å²) in [4.78, 5) is 13.0. The van der Waals surface area contributed by atoms with Gasteiger partial charge in [-0.25, -0.2) is 15.0 Å². The molecule has 2 aromatic heterocycles. The number of aliphatic hydroxyl groups is 3. The van der Waals surface area contributed by atoms with Crippen molar-refractivity contribution >= 4 is 17.0 Å². The first-order valence-corrected chi connectivity index (χ1v) is 9.25. The quantitative estimate of drug-likeness (QED) is 0.495. The lowest BCUT2D eigenvalue weighted by atomic mass is 10.0. The fourth-order valence-corrected chi connectivity index (χ4v) is 3.53. The van der Waals surface area contributed by atoms with E-state index in [2.05, 4.69) is 39.3 Å². The number of nitrogens with one attached hydrogen (secondary N) is 1. The number of hydrogen-bond acceptors (Lipinski definition) is 8. The van der Waals surface area contributed by atoms with Crippen molar-refractivity contribution in [2.75, 3.05) is 11.9 Å². The lowest BCUT2D eigenvalue weighted by Gasteiger charge is -2.19. The second-order valence-corrected chi connectivity index (χ2v) is 6.79. The third kappa shape index (κ3) is 3.22. The van der Waals surface area contributed by atoms with Gasteiger partial charge < -0.3 is 25.4 Å². The van der Waals surface area contributed by atoms with E-state index in [1.807, 2.05) is 18.2 Å². The minimum Gasteiger partial charge on any atom is -0.394 e. The van der Waals surface area contributed by atoms with Crippen LogP contribution in [0.1, 0.15) is 31.2 Å². The largest absolute Gasteiger partial charge is 0.394 e. The van der Waals surface area contributed by atoms with Crippen molar-refractivity contribution in [2.45, 2.75) is 43.9 Å². The van der Waals surface area contributed by atoms with Gasteiger partial charge in [-0.05, 0) is 12.0 Å². The SMILES string of the molecule is CC[C@@H](Nc1ncnc2c1ncn2[C@@H]1O[C@H](CO)[C@H](O)C1O)c1ccccc1. The molecule has 0 bridgehead atoms. The average molecular weight is 385 g/mol. The van der Waals surface area contributed by atoms with Gasteiger partial charge in [-0.1, -0.05) is 37.3 Å². The molecule has 1 fully saturated rings. The van der Waals surface area contributed by atoms with Crippen LogP contribution < -0.4 is 5.32 Å². The molecule has 1 saturated heterocycles. The predicted molar refractivity (Wildman–Crippen MR) is 101 cm³/mol. The highest BCUT2D eigenvalue weighted by atomic mass is 16.6. The van der Waals surface area contributed by atoms with E-state index in [1.165, 1.54) is 12.7 Å². The fraction of sp³-hybridized carbons (Fsp3) is 0.421. The predicted octanol–water partition coefficient (Wildman–Crippen LogP) is 1.00. The first kappa shape index (κ1) is 18.8. The topological polar surface area (TPSA) is 126 Å². The van der Waals surface area contributed by atoms with Crippen LogP contribution in [0.3, 0.4) is 0 Å². The summed E-state index contributed by atoms with van der Waals surface area (Å²) >= 11 is 0. The van der Waals surface area contributed by atoms with Gasteiger partial charge in [0.15, 0.2) is 23.2 Å². The van der Waals surface area contributed by atoms with Crippen LogP contribution in [0.2, 0.25) is 0 Å². The maximum atomic E-state index is 10.3. The number of benzene rings is 1. The summed E-state index contributed by atoms with van der Waals surface area (Å²) < 4.78 is 7.14. The van der Waals surface area contributed by atoms with Gasteiger partial charge in [-0.15, -0.1) is 0 Å². The van der Waals surface area contributed by atoms with Crippen molar-refractivity contribution in [3.8, 4) is 0 Å². The fourth-order valence-electron chi connectivity index (χ4n) is 3.53. The molecule has 9 nitrogen and oxygen atoms in total. The van der Waals surface area contributed by atoms with E-state index >= 15 is 0 Å². The zero-order valence-corrected chi connectivity index (χ0v) is 15.4.